The Kier molecular flexibility index (Phi) is 2.84. The first kappa shape index (κ1) is 12.3. The number of nitrogens with one attached hydrogen (secondary N) is 2. The summed E-state index contributed by atoms with van der Waals surface area (Å²) in [6, 6.07) is 0. The lowest BCUT2D eigenvalue weighted by Crippen LogP contribution is -2.27. The molecule has 102 valence electrons. The van der Waals surface area contributed by atoms with E-state index < -0.39 is 5.97 Å². The van der Waals surface area contributed by atoms with Crippen LogP contribution in [0.5, 0.6) is 0 Å². The van der Waals surface area contributed by atoms with Crippen molar-refractivity contribution in [2.75, 3.05) is 5.32 Å². The van der Waals surface area contributed by atoms with Gasteiger partial charge in [-0.15, -0.1) is 0 Å². The molecule has 3 N–H and O–H groups in total. The Balaban J connectivity index is 1.75. The molecule has 0 aliphatic heterocycles. The molecule has 2 aliphatic rings. The zero-order valence-electron chi connectivity index (χ0n) is 10.9. The highest BCUT2D eigenvalue weighted by Gasteiger charge is 2.43. The first-order valence-electron chi connectivity index (χ1n) is 6.78. The van der Waals surface area contributed by atoms with Gasteiger partial charge in [0.05, 0.1) is 5.69 Å². The maximum atomic E-state index is 12.3. The summed E-state index contributed by atoms with van der Waals surface area (Å²) in [5.74, 6) is 0.234. The van der Waals surface area contributed by atoms with Crippen LogP contribution in [0.2, 0.25) is 0 Å². The number of aryl methyl sites for hydroxylation is 1. The summed E-state index contributed by atoms with van der Waals surface area (Å²) >= 11 is 0. The molecule has 3 unspecified atom stereocenters. The Bertz CT molecular complexity index is 535. The van der Waals surface area contributed by atoms with Gasteiger partial charge in [-0.2, -0.15) is 0 Å². The van der Waals surface area contributed by atoms with Gasteiger partial charge >= 0.3 is 5.97 Å². The number of fused-ring (bicyclic) bond motifs is 2. The van der Waals surface area contributed by atoms with Gasteiger partial charge < -0.3 is 15.4 Å². The summed E-state index contributed by atoms with van der Waals surface area (Å²) in [6.07, 6.45) is 6.07. The maximum Gasteiger partial charge on any atom is 0.339 e. The van der Waals surface area contributed by atoms with Crippen molar-refractivity contribution in [3.05, 3.63) is 17.5 Å². The molecule has 5 heteroatoms. The number of carbonyl (C=O) groups is 2. The number of carboxylic acid groups (broad SMARTS) is 1. The van der Waals surface area contributed by atoms with E-state index in [4.69, 9.17) is 5.11 Å². The molecule has 19 heavy (non-hydrogen) atoms. The topological polar surface area (TPSA) is 82.2 Å². The lowest BCUT2D eigenvalue weighted by molar-refractivity contribution is -0.121. The third-order valence-corrected chi connectivity index (χ3v) is 4.62. The summed E-state index contributed by atoms with van der Waals surface area (Å²) in [5.41, 5.74) is 1.12. The Morgan fingerprint density at radius 1 is 1.37 bits per heavy atom. The number of aromatic amines is 1. The molecular formula is C14H18N2O3. The van der Waals surface area contributed by atoms with E-state index in [1.165, 1.54) is 6.42 Å². The minimum atomic E-state index is -1.01. The van der Waals surface area contributed by atoms with E-state index >= 15 is 0 Å². The predicted molar refractivity (Wildman–Crippen MR) is 70.1 cm³/mol. The van der Waals surface area contributed by atoms with Gasteiger partial charge in [0.15, 0.2) is 0 Å². The van der Waals surface area contributed by atoms with Gasteiger partial charge in [0.1, 0.15) is 5.56 Å². The average molecular weight is 262 g/mol. The standard InChI is InChI=1S/C14H18N2O3/c1-7-12(14(18)19)11(6-15-7)16-13(17)10-5-8-2-3-9(10)4-8/h6,8-10,15H,2-5H2,1H3,(H,16,17)(H,18,19). The predicted octanol–water partition coefficient (Wildman–Crippen LogP) is 2.40. The first-order valence-corrected chi connectivity index (χ1v) is 6.78. The third kappa shape index (κ3) is 2.03. The smallest absolute Gasteiger partial charge is 0.339 e. The van der Waals surface area contributed by atoms with Crippen LogP contribution in [0.4, 0.5) is 5.69 Å². The number of hydrogen-bond acceptors (Lipinski definition) is 2. The molecule has 1 aromatic heterocycles. The normalized spacial score (nSPS) is 28.6. The van der Waals surface area contributed by atoms with Crippen molar-refractivity contribution in [3.8, 4) is 0 Å². The molecule has 2 saturated carbocycles. The zero-order chi connectivity index (χ0) is 13.6. The van der Waals surface area contributed by atoms with Gasteiger partial charge in [0, 0.05) is 17.8 Å². The number of hydrogen-bond donors (Lipinski definition) is 3. The van der Waals surface area contributed by atoms with Crippen molar-refractivity contribution >= 4 is 17.6 Å². The van der Waals surface area contributed by atoms with Gasteiger partial charge in [-0.25, -0.2) is 4.79 Å². The largest absolute Gasteiger partial charge is 0.478 e. The van der Waals surface area contributed by atoms with Crippen LogP contribution in [0.25, 0.3) is 0 Å². The number of H-pyrrole nitrogens is 1. The van der Waals surface area contributed by atoms with Crippen molar-refractivity contribution in [1.29, 1.82) is 0 Å². The molecule has 2 fully saturated rings. The van der Waals surface area contributed by atoms with Crippen LogP contribution in [0.1, 0.15) is 41.7 Å². The fraction of sp³-hybridized carbons (Fsp3) is 0.571. The average Bonchev–Trinajstić information content (AvgIpc) is 3.04. The quantitative estimate of drug-likeness (QED) is 0.782. The monoisotopic (exact) mass is 262 g/mol. The minimum Gasteiger partial charge on any atom is -0.478 e. The Labute approximate surface area is 111 Å². The zero-order valence-corrected chi connectivity index (χ0v) is 10.9. The molecule has 0 spiro atoms. The summed E-state index contributed by atoms with van der Waals surface area (Å²) in [7, 11) is 0. The molecule has 0 aromatic carbocycles. The van der Waals surface area contributed by atoms with Gasteiger partial charge in [0.25, 0.3) is 0 Å². The first-order chi connectivity index (χ1) is 9.06. The molecule has 3 rings (SSSR count). The van der Waals surface area contributed by atoms with Crippen molar-refractivity contribution in [3.63, 3.8) is 0 Å². The Morgan fingerprint density at radius 3 is 2.74 bits per heavy atom. The van der Waals surface area contributed by atoms with E-state index in [0.29, 0.717) is 23.2 Å². The molecule has 0 saturated heterocycles. The number of rotatable bonds is 3. The Hall–Kier alpha value is -1.78. The van der Waals surface area contributed by atoms with Crippen LogP contribution < -0.4 is 5.32 Å². The summed E-state index contributed by atoms with van der Waals surface area (Å²) < 4.78 is 0. The summed E-state index contributed by atoms with van der Waals surface area (Å²) in [6.45, 7) is 1.69. The van der Waals surface area contributed by atoms with Crippen molar-refractivity contribution in [2.45, 2.75) is 32.6 Å². The second kappa shape index (κ2) is 4.40. The highest BCUT2D eigenvalue weighted by atomic mass is 16.4. The number of aromatic carboxylic acids is 1. The van der Waals surface area contributed by atoms with Crippen molar-refractivity contribution in [1.82, 2.24) is 4.98 Å². The van der Waals surface area contributed by atoms with Crippen LogP contribution >= 0.6 is 0 Å². The van der Waals surface area contributed by atoms with E-state index in [0.717, 1.165) is 19.3 Å². The van der Waals surface area contributed by atoms with Crippen molar-refractivity contribution in [2.24, 2.45) is 17.8 Å². The Morgan fingerprint density at radius 2 is 2.16 bits per heavy atom. The second-order valence-electron chi connectivity index (χ2n) is 5.78. The molecule has 5 nitrogen and oxygen atoms in total. The molecule has 3 atom stereocenters. The highest BCUT2D eigenvalue weighted by Crippen LogP contribution is 2.48. The van der Waals surface area contributed by atoms with Crippen LogP contribution in [0, 0.1) is 24.7 Å². The van der Waals surface area contributed by atoms with Crippen LogP contribution in [-0.4, -0.2) is 22.0 Å². The van der Waals surface area contributed by atoms with Gasteiger partial charge in [-0.3, -0.25) is 4.79 Å². The number of anilines is 1. The summed E-state index contributed by atoms with van der Waals surface area (Å²) in [5, 5.41) is 11.9. The minimum absolute atomic E-state index is 0.0197. The lowest BCUT2D eigenvalue weighted by Gasteiger charge is -2.20. The van der Waals surface area contributed by atoms with E-state index in [1.54, 1.807) is 13.1 Å². The van der Waals surface area contributed by atoms with Crippen LogP contribution in [0.15, 0.2) is 6.20 Å². The molecule has 1 aromatic rings. The van der Waals surface area contributed by atoms with Crippen LogP contribution in [0.3, 0.4) is 0 Å². The van der Waals surface area contributed by atoms with Gasteiger partial charge in [0.2, 0.25) is 5.91 Å². The highest BCUT2D eigenvalue weighted by molar-refractivity contribution is 6.02. The van der Waals surface area contributed by atoms with E-state index in [9.17, 15) is 9.59 Å². The molecule has 1 amide bonds. The second-order valence-corrected chi connectivity index (χ2v) is 5.78. The number of amides is 1. The number of aromatic nitrogens is 1. The van der Waals surface area contributed by atoms with E-state index in [2.05, 4.69) is 10.3 Å². The van der Waals surface area contributed by atoms with Gasteiger partial charge in [-0.05, 0) is 38.0 Å². The number of carboxylic acids is 1. The molecular weight excluding hydrogens is 244 g/mol. The summed E-state index contributed by atoms with van der Waals surface area (Å²) in [4.78, 5) is 26.3. The molecule has 0 radical (unpaired) electrons. The lowest BCUT2D eigenvalue weighted by atomic mass is 9.88. The van der Waals surface area contributed by atoms with E-state index in [1.807, 2.05) is 0 Å². The van der Waals surface area contributed by atoms with E-state index in [-0.39, 0.29) is 17.4 Å². The fourth-order valence-corrected chi connectivity index (χ4v) is 3.69. The van der Waals surface area contributed by atoms with Gasteiger partial charge in [-0.1, -0.05) is 6.42 Å². The van der Waals surface area contributed by atoms with Crippen LogP contribution in [-0.2, 0) is 4.79 Å². The third-order valence-electron chi connectivity index (χ3n) is 4.62. The van der Waals surface area contributed by atoms with Crippen molar-refractivity contribution < 1.29 is 14.7 Å². The maximum absolute atomic E-state index is 12.3. The number of carbonyl (C=O) groups excluding carboxylic acids is 1. The molecule has 2 bridgehead atoms. The fourth-order valence-electron chi connectivity index (χ4n) is 3.69. The molecule has 2 aliphatic carbocycles. The molecule has 1 heterocycles. The SMILES string of the molecule is Cc1[nH]cc(NC(=O)C2CC3CCC2C3)c1C(=O)O.